The molecule has 1 aliphatic carbocycles. The van der Waals surface area contributed by atoms with Crippen molar-refractivity contribution < 1.29 is 4.74 Å². The molecule has 18 heavy (non-hydrogen) atoms. The first-order valence-electron chi connectivity index (χ1n) is 7.11. The maximum absolute atomic E-state index is 5.71. The van der Waals surface area contributed by atoms with Crippen LogP contribution in [-0.4, -0.2) is 17.6 Å². The molecule has 1 aliphatic rings. The van der Waals surface area contributed by atoms with Gasteiger partial charge >= 0.3 is 0 Å². The molecule has 100 valence electrons. The fraction of sp³-hybridized carbons (Fsp3) is 0.667. The number of pyridine rings is 1. The van der Waals surface area contributed by atoms with Crippen molar-refractivity contribution in [3.63, 3.8) is 0 Å². The van der Waals surface area contributed by atoms with Gasteiger partial charge in [-0.05, 0) is 37.8 Å². The summed E-state index contributed by atoms with van der Waals surface area (Å²) in [6.07, 6.45) is 6.21. The molecule has 1 N–H and O–H groups in total. The van der Waals surface area contributed by atoms with E-state index in [1.807, 2.05) is 6.92 Å². The number of nitrogens with one attached hydrogen (secondary N) is 1. The number of aromatic nitrogens is 1. The highest BCUT2D eigenvalue weighted by molar-refractivity contribution is 5.24. The van der Waals surface area contributed by atoms with E-state index in [-0.39, 0.29) is 0 Å². The molecule has 0 radical (unpaired) electrons. The summed E-state index contributed by atoms with van der Waals surface area (Å²) in [5, 5.41) is 3.52. The molecule has 0 saturated heterocycles. The van der Waals surface area contributed by atoms with E-state index < -0.39 is 0 Å². The molecular formula is C15H24N2O. The van der Waals surface area contributed by atoms with E-state index in [1.54, 1.807) is 0 Å². The second-order valence-corrected chi connectivity index (χ2v) is 5.17. The number of rotatable bonds is 8. The van der Waals surface area contributed by atoms with Gasteiger partial charge in [-0.15, -0.1) is 0 Å². The Morgan fingerprint density at radius 3 is 2.89 bits per heavy atom. The number of hydrogen-bond acceptors (Lipinski definition) is 3. The van der Waals surface area contributed by atoms with Crippen LogP contribution in [0.25, 0.3) is 0 Å². The van der Waals surface area contributed by atoms with Gasteiger partial charge in [-0.2, -0.15) is 0 Å². The zero-order valence-corrected chi connectivity index (χ0v) is 11.5. The van der Waals surface area contributed by atoms with E-state index in [0.29, 0.717) is 0 Å². The molecule has 1 fully saturated rings. The smallest absolute Gasteiger partial charge is 0.213 e. The van der Waals surface area contributed by atoms with Crippen molar-refractivity contribution >= 4 is 0 Å². The van der Waals surface area contributed by atoms with Crippen molar-refractivity contribution in [2.24, 2.45) is 0 Å². The quantitative estimate of drug-likeness (QED) is 0.717. The van der Waals surface area contributed by atoms with Crippen LogP contribution in [-0.2, 0) is 6.54 Å². The van der Waals surface area contributed by atoms with Crippen LogP contribution in [0.15, 0.2) is 12.1 Å². The van der Waals surface area contributed by atoms with Gasteiger partial charge in [0, 0.05) is 24.3 Å². The second kappa shape index (κ2) is 6.74. The van der Waals surface area contributed by atoms with Gasteiger partial charge < -0.3 is 10.1 Å². The van der Waals surface area contributed by atoms with Gasteiger partial charge in [0.15, 0.2) is 0 Å². The first-order valence-corrected chi connectivity index (χ1v) is 7.11. The van der Waals surface area contributed by atoms with Gasteiger partial charge in [0.2, 0.25) is 5.88 Å². The number of nitrogens with zero attached hydrogens (tertiary/aromatic N) is 1. The van der Waals surface area contributed by atoms with Crippen molar-refractivity contribution in [2.45, 2.75) is 58.5 Å². The molecule has 0 aliphatic heterocycles. The average Bonchev–Trinajstić information content (AvgIpc) is 3.16. The highest BCUT2D eigenvalue weighted by atomic mass is 16.5. The lowest BCUT2D eigenvalue weighted by atomic mass is 10.2. The molecule has 1 heterocycles. The minimum absolute atomic E-state index is 0.743. The van der Waals surface area contributed by atoms with Gasteiger partial charge in [0.05, 0.1) is 6.61 Å². The van der Waals surface area contributed by atoms with Gasteiger partial charge in [0.25, 0.3) is 0 Å². The molecule has 1 saturated carbocycles. The fourth-order valence-corrected chi connectivity index (χ4v) is 1.96. The van der Waals surface area contributed by atoms with E-state index in [0.717, 1.165) is 37.2 Å². The van der Waals surface area contributed by atoms with E-state index in [1.165, 1.54) is 31.2 Å². The highest BCUT2D eigenvalue weighted by Crippen LogP contribution is 2.20. The Labute approximate surface area is 110 Å². The Bertz CT molecular complexity index is 375. The number of unbranched alkanes of at least 4 members (excludes halogenated alkanes) is 2. The lowest BCUT2D eigenvalue weighted by Gasteiger charge is -2.09. The Kier molecular flexibility index (Phi) is 5.00. The largest absolute Gasteiger partial charge is 0.478 e. The number of ether oxygens (including phenoxy) is 1. The zero-order chi connectivity index (χ0) is 12.8. The molecule has 3 heteroatoms. The molecule has 0 amide bonds. The summed E-state index contributed by atoms with van der Waals surface area (Å²) in [5.74, 6) is 0.777. The Hall–Kier alpha value is -1.09. The summed E-state index contributed by atoms with van der Waals surface area (Å²) >= 11 is 0. The van der Waals surface area contributed by atoms with Crippen molar-refractivity contribution in [3.05, 3.63) is 23.4 Å². The molecule has 2 rings (SSSR count). The van der Waals surface area contributed by atoms with Crippen LogP contribution in [0, 0.1) is 6.92 Å². The lowest BCUT2D eigenvalue weighted by molar-refractivity contribution is 0.294. The maximum Gasteiger partial charge on any atom is 0.213 e. The van der Waals surface area contributed by atoms with Crippen LogP contribution in [0.4, 0.5) is 0 Å². The van der Waals surface area contributed by atoms with Crippen LogP contribution in [0.1, 0.15) is 50.3 Å². The van der Waals surface area contributed by atoms with Crippen LogP contribution < -0.4 is 10.1 Å². The van der Waals surface area contributed by atoms with Crippen molar-refractivity contribution in [1.29, 1.82) is 0 Å². The third kappa shape index (κ3) is 4.65. The van der Waals surface area contributed by atoms with Gasteiger partial charge in [-0.3, -0.25) is 0 Å². The molecule has 0 aromatic carbocycles. The van der Waals surface area contributed by atoms with E-state index in [2.05, 4.69) is 29.4 Å². The van der Waals surface area contributed by atoms with Gasteiger partial charge in [-0.25, -0.2) is 4.98 Å². The van der Waals surface area contributed by atoms with Crippen molar-refractivity contribution in [1.82, 2.24) is 10.3 Å². The molecule has 0 unspecified atom stereocenters. The summed E-state index contributed by atoms with van der Waals surface area (Å²) in [4.78, 5) is 4.42. The minimum atomic E-state index is 0.743. The lowest BCUT2D eigenvalue weighted by Crippen LogP contribution is -2.15. The van der Waals surface area contributed by atoms with Crippen molar-refractivity contribution in [3.8, 4) is 5.88 Å². The van der Waals surface area contributed by atoms with E-state index >= 15 is 0 Å². The normalized spacial score (nSPS) is 14.8. The zero-order valence-electron chi connectivity index (χ0n) is 11.5. The van der Waals surface area contributed by atoms with Crippen LogP contribution in [0.3, 0.4) is 0 Å². The SMILES string of the molecule is CCCCCOc1cc(CNC2CC2)cc(C)n1. The third-order valence-electron chi connectivity index (χ3n) is 3.16. The topological polar surface area (TPSA) is 34.1 Å². The number of hydrogen-bond donors (Lipinski definition) is 1. The van der Waals surface area contributed by atoms with Crippen LogP contribution in [0.2, 0.25) is 0 Å². The van der Waals surface area contributed by atoms with Crippen molar-refractivity contribution in [2.75, 3.05) is 6.61 Å². The summed E-state index contributed by atoms with van der Waals surface area (Å²) in [6.45, 7) is 5.94. The molecule has 1 aromatic rings. The fourth-order valence-electron chi connectivity index (χ4n) is 1.96. The Morgan fingerprint density at radius 1 is 1.33 bits per heavy atom. The molecule has 0 atom stereocenters. The predicted molar refractivity (Wildman–Crippen MR) is 73.9 cm³/mol. The van der Waals surface area contributed by atoms with Gasteiger partial charge in [-0.1, -0.05) is 19.8 Å². The maximum atomic E-state index is 5.71. The van der Waals surface area contributed by atoms with E-state index in [4.69, 9.17) is 4.74 Å². The van der Waals surface area contributed by atoms with Crippen LogP contribution in [0.5, 0.6) is 5.88 Å². The monoisotopic (exact) mass is 248 g/mol. The standard InChI is InChI=1S/C15H24N2O/c1-3-4-5-8-18-15-10-13(9-12(2)17-15)11-16-14-6-7-14/h9-10,14,16H,3-8,11H2,1-2H3. The van der Waals surface area contributed by atoms with Crippen LogP contribution >= 0.6 is 0 Å². The summed E-state index contributed by atoms with van der Waals surface area (Å²) < 4.78 is 5.71. The molecular weight excluding hydrogens is 224 g/mol. The average molecular weight is 248 g/mol. The molecule has 0 spiro atoms. The van der Waals surface area contributed by atoms with E-state index in [9.17, 15) is 0 Å². The first-order chi connectivity index (χ1) is 8.78. The Balaban J connectivity index is 1.84. The summed E-state index contributed by atoms with van der Waals surface area (Å²) in [6, 6.07) is 4.94. The summed E-state index contributed by atoms with van der Waals surface area (Å²) in [5.41, 5.74) is 2.32. The third-order valence-corrected chi connectivity index (χ3v) is 3.16. The number of aryl methyl sites for hydroxylation is 1. The first kappa shape index (κ1) is 13.3. The minimum Gasteiger partial charge on any atom is -0.478 e. The molecule has 1 aromatic heterocycles. The highest BCUT2D eigenvalue weighted by Gasteiger charge is 2.20. The summed E-state index contributed by atoms with van der Waals surface area (Å²) in [7, 11) is 0. The van der Waals surface area contributed by atoms with Gasteiger partial charge in [0.1, 0.15) is 0 Å². The Morgan fingerprint density at radius 2 is 2.17 bits per heavy atom. The second-order valence-electron chi connectivity index (χ2n) is 5.17. The predicted octanol–water partition coefficient (Wildman–Crippen LogP) is 3.21. The molecule has 0 bridgehead atoms. The molecule has 3 nitrogen and oxygen atoms in total.